The molecule has 6 heteroatoms. The second-order valence-corrected chi connectivity index (χ2v) is 6.44. The quantitative estimate of drug-likeness (QED) is 0.827. The lowest BCUT2D eigenvalue weighted by molar-refractivity contribution is -0.151. The first kappa shape index (κ1) is 19.0. The number of esters is 1. The van der Waals surface area contributed by atoms with Gasteiger partial charge in [-0.3, -0.25) is 14.4 Å². The first-order valence-electron chi connectivity index (χ1n) is 8.76. The highest BCUT2D eigenvalue weighted by molar-refractivity contribution is 5.96. The number of ether oxygens (including phenoxy) is 1. The van der Waals surface area contributed by atoms with E-state index >= 15 is 0 Å². The van der Waals surface area contributed by atoms with Gasteiger partial charge in [0.15, 0.2) is 6.61 Å². The van der Waals surface area contributed by atoms with Crippen molar-refractivity contribution < 1.29 is 19.1 Å². The summed E-state index contributed by atoms with van der Waals surface area (Å²) in [6.07, 6.45) is 4.25. The third-order valence-electron chi connectivity index (χ3n) is 4.48. The molecule has 0 radical (unpaired) electrons. The molecular weight excluding hydrogens is 320 g/mol. The maximum Gasteiger partial charge on any atom is 0.325 e. The smallest absolute Gasteiger partial charge is 0.325 e. The van der Waals surface area contributed by atoms with Crippen molar-refractivity contribution in [1.29, 1.82) is 0 Å². The van der Waals surface area contributed by atoms with Crippen molar-refractivity contribution in [1.82, 2.24) is 10.2 Å². The van der Waals surface area contributed by atoms with Gasteiger partial charge in [-0.2, -0.15) is 0 Å². The van der Waals surface area contributed by atoms with E-state index in [1.807, 2.05) is 19.9 Å². The summed E-state index contributed by atoms with van der Waals surface area (Å²) >= 11 is 0. The van der Waals surface area contributed by atoms with E-state index in [0.717, 1.165) is 49.9 Å². The zero-order valence-corrected chi connectivity index (χ0v) is 15.0. The van der Waals surface area contributed by atoms with Crippen molar-refractivity contribution in [3.63, 3.8) is 0 Å². The number of nitrogens with zero attached hydrogens (tertiary/aromatic N) is 1. The summed E-state index contributed by atoms with van der Waals surface area (Å²) in [5.74, 6) is -1.12. The Balaban J connectivity index is 1.73. The summed E-state index contributed by atoms with van der Waals surface area (Å²) in [5.41, 5.74) is 2.61. The van der Waals surface area contributed by atoms with E-state index < -0.39 is 5.97 Å². The third-order valence-corrected chi connectivity index (χ3v) is 4.48. The van der Waals surface area contributed by atoms with Crippen LogP contribution in [0.4, 0.5) is 0 Å². The topological polar surface area (TPSA) is 75.7 Å². The Hall–Kier alpha value is -2.37. The van der Waals surface area contributed by atoms with Gasteiger partial charge in [0.05, 0.1) is 0 Å². The van der Waals surface area contributed by atoms with Gasteiger partial charge >= 0.3 is 5.97 Å². The van der Waals surface area contributed by atoms with Crippen LogP contribution in [0.3, 0.4) is 0 Å². The lowest BCUT2D eigenvalue weighted by Gasteiger charge is -2.19. The predicted octanol–water partition coefficient (Wildman–Crippen LogP) is 1.98. The van der Waals surface area contributed by atoms with E-state index in [9.17, 15) is 14.4 Å². The summed E-state index contributed by atoms with van der Waals surface area (Å²) in [5, 5.41) is 2.52. The summed E-state index contributed by atoms with van der Waals surface area (Å²) in [7, 11) is 0. The molecule has 0 saturated carbocycles. The minimum absolute atomic E-state index is 0.171. The molecule has 2 amide bonds. The van der Waals surface area contributed by atoms with Crippen LogP contribution in [0.5, 0.6) is 0 Å². The second-order valence-electron chi connectivity index (χ2n) is 6.44. The van der Waals surface area contributed by atoms with Crippen LogP contribution in [0.15, 0.2) is 18.2 Å². The molecule has 25 heavy (non-hydrogen) atoms. The van der Waals surface area contributed by atoms with E-state index in [1.54, 1.807) is 17.0 Å². The van der Waals surface area contributed by atoms with Crippen molar-refractivity contribution in [2.45, 2.75) is 39.5 Å². The van der Waals surface area contributed by atoms with Crippen molar-refractivity contribution in [3.05, 3.63) is 34.9 Å². The Morgan fingerprint density at radius 3 is 2.36 bits per heavy atom. The molecule has 2 rings (SSSR count). The van der Waals surface area contributed by atoms with E-state index in [4.69, 9.17) is 4.74 Å². The molecule has 0 spiro atoms. The molecule has 1 aromatic carbocycles. The van der Waals surface area contributed by atoms with Gasteiger partial charge in [-0.15, -0.1) is 0 Å². The fraction of sp³-hybridized carbons (Fsp3) is 0.526. The fourth-order valence-electron chi connectivity index (χ4n) is 2.74. The standard InChI is InChI=1S/C19H26N2O4/c1-14-7-8-16(11-15(14)2)19(24)20-12-18(23)25-13-17(22)21-9-5-3-4-6-10-21/h7-8,11H,3-6,9-10,12-13H2,1-2H3,(H,20,24). The molecule has 1 heterocycles. The molecule has 0 aromatic heterocycles. The number of carbonyl (C=O) groups is 3. The Bertz CT molecular complexity index is 634. The highest BCUT2D eigenvalue weighted by Gasteiger charge is 2.17. The number of hydrogen-bond acceptors (Lipinski definition) is 4. The first-order valence-corrected chi connectivity index (χ1v) is 8.76. The number of nitrogens with one attached hydrogen (secondary N) is 1. The molecule has 1 saturated heterocycles. The minimum Gasteiger partial charge on any atom is -0.454 e. The molecule has 1 N–H and O–H groups in total. The monoisotopic (exact) mass is 346 g/mol. The van der Waals surface area contributed by atoms with Crippen LogP contribution in [0.1, 0.15) is 47.2 Å². The Labute approximate surface area is 148 Å². The van der Waals surface area contributed by atoms with Gasteiger partial charge in [0, 0.05) is 18.7 Å². The van der Waals surface area contributed by atoms with E-state index in [0.29, 0.717) is 5.56 Å². The molecule has 0 bridgehead atoms. The maximum atomic E-state index is 12.0. The molecule has 1 aliphatic rings. The predicted molar refractivity (Wildman–Crippen MR) is 94.3 cm³/mol. The SMILES string of the molecule is Cc1ccc(C(=O)NCC(=O)OCC(=O)N2CCCCCC2)cc1C. The number of amides is 2. The number of hydrogen-bond donors (Lipinski definition) is 1. The van der Waals surface area contributed by atoms with Gasteiger partial charge in [-0.25, -0.2) is 0 Å². The van der Waals surface area contributed by atoms with Crippen LogP contribution in [0, 0.1) is 13.8 Å². The van der Waals surface area contributed by atoms with Gasteiger partial charge in [0.2, 0.25) is 0 Å². The number of benzene rings is 1. The van der Waals surface area contributed by atoms with Crippen molar-refractivity contribution >= 4 is 17.8 Å². The van der Waals surface area contributed by atoms with Gasteiger partial charge in [-0.05, 0) is 49.9 Å². The molecule has 0 aliphatic carbocycles. The van der Waals surface area contributed by atoms with Crippen molar-refractivity contribution in [2.24, 2.45) is 0 Å². The molecule has 1 aromatic rings. The van der Waals surface area contributed by atoms with E-state index in [2.05, 4.69) is 5.32 Å². The van der Waals surface area contributed by atoms with Gasteiger partial charge in [0.1, 0.15) is 6.54 Å². The molecule has 1 aliphatic heterocycles. The number of carbonyl (C=O) groups excluding carboxylic acids is 3. The van der Waals surface area contributed by atoms with Gasteiger partial charge in [-0.1, -0.05) is 18.9 Å². The second kappa shape index (κ2) is 9.20. The van der Waals surface area contributed by atoms with Gasteiger partial charge < -0.3 is 15.0 Å². The summed E-state index contributed by atoms with van der Waals surface area (Å²) in [4.78, 5) is 37.6. The zero-order valence-electron chi connectivity index (χ0n) is 15.0. The normalized spacial score (nSPS) is 14.6. The Morgan fingerprint density at radius 2 is 1.72 bits per heavy atom. The minimum atomic E-state index is -0.611. The van der Waals surface area contributed by atoms with Crippen molar-refractivity contribution in [2.75, 3.05) is 26.2 Å². The van der Waals surface area contributed by atoms with Crippen LogP contribution < -0.4 is 5.32 Å². The van der Waals surface area contributed by atoms with Crippen LogP contribution >= 0.6 is 0 Å². The van der Waals surface area contributed by atoms with Crippen LogP contribution in [0.25, 0.3) is 0 Å². The van der Waals surface area contributed by atoms with E-state index in [-0.39, 0.29) is 25.0 Å². The molecular formula is C19H26N2O4. The van der Waals surface area contributed by atoms with Gasteiger partial charge in [0.25, 0.3) is 11.8 Å². The average molecular weight is 346 g/mol. The Morgan fingerprint density at radius 1 is 1.04 bits per heavy atom. The molecule has 136 valence electrons. The lowest BCUT2D eigenvalue weighted by Crippen LogP contribution is -2.37. The van der Waals surface area contributed by atoms with E-state index in [1.165, 1.54) is 0 Å². The molecule has 0 atom stereocenters. The molecule has 6 nitrogen and oxygen atoms in total. The maximum absolute atomic E-state index is 12.0. The van der Waals surface area contributed by atoms with Crippen molar-refractivity contribution in [3.8, 4) is 0 Å². The molecule has 1 fully saturated rings. The largest absolute Gasteiger partial charge is 0.454 e. The Kier molecular flexibility index (Phi) is 6.98. The van der Waals surface area contributed by atoms with Crippen LogP contribution in [-0.4, -0.2) is 48.9 Å². The summed E-state index contributed by atoms with van der Waals surface area (Å²) in [6, 6.07) is 5.35. The fourth-order valence-corrected chi connectivity index (χ4v) is 2.74. The first-order chi connectivity index (χ1) is 12.0. The lowest BCUT2D eigenvalue weighted by atomic mass is 10.1. The van der Waals surface area contributed by atoms with Crippen LogP contribution in [0.2, 0.25) is 0 Å². The number of aryl methyl sites for hydroxylation is 2. The highest BCUT2D eigenvalue weighted by atomic mass is 16.5. The summed E-state index contributed by atoms with van der Waals surface area (Å²) < 4.78 is 4.98. The zero-order chi connectivity index (χ0) is 18.2. The van der Waals surface area contributed by atoms with Crippen LogP contribution in [-0.2, 0) is 14.3 Å². The third kappa shape index (κ3) is 5.89. The summed E-state index contributed by atoms with van der Waals surface area (Å²) in [6.45, 7) is 4.82. The average Bonchev–Trinajstić information content (AvgIpc) is 2.89. The number of rotatable bonds is 5. The number of likely N-dealkylation sites (tertiary alicyclic amines) is 1. The molecule has 0 unspecified atom stereocenters. The highest BCUT2D eigenvalue weighted by Crippen LogP contribution is 2.10.